The normalized spacial score (nSPS) is 8.18. The van der Waals surface area contributed by atoms with Gasteiger partial charge in [0.25, 0.3) is 6.07 Å². The lowest BCUT2D eigenvalue weighted by atomic mass is 10.3. The van der Waals surface area contributed by atoms with Gasteiger partial charge in [-0.05, 0) is 17.0 Å². The molecule has 0 aliphatic rings. The highest BCUT2D eigenvalue weighted by Gasteiger charge is 1.98. The van der Waals surface area contributed by atoms with E-state index in [4.69, 9.17) is 4.74 Å². The van der Waals surface area contributed by atoms with Crippen LogP contribution in [-0.4, -0.2) is 7.11 Å². The van der Waals surface area contributed by atoms with Crippen molar-refractivity contribution in [3.8, 4) is 11.8 Å². The molecule has 0 saturated heterocycles. The van der Waals surface area contributed by atoms with Crippen LogP contribution < -0.4 is 4.74 Å². The van der Waals surface area contributed by atoms with Crippen LogP contribution in [0.4, 0.5) is 5.69 Å². The Bertz CT molecular complexity index is 279. The van der Waals surface area contributed by atoms with Gasteiger partial charge >= 0.3 is 5.69 Å². The first-order valence-corrected chi connectivity index (χ1v) is 3.38. The van der Waals surface area contributed by atoms with Gasteiger partial charge in [0.1, 0.15) is 5.75 Å². The second-order valence-corrected chi connectivity index (χ2v) is 2.03. The van der Waals surface area contributed by atoms with Crippen molar-refractivity contribution in [2.45, 2.75) is 6.92 Å². The van der Waals surface area contributed by atoms with E-state index in [1.165, 1.54) is 0 Å². The lowest BCUT2D eigenvalue weighted by Gasteiger charge is -1.93. The molecule has 2 nitrogen and oxygen atoms in total. The molecular weight excluding hydrogens is 138 g/mol. The summed E-state index contributed by atoms with van der Waals surface area (Å²) in [7, 11) is 1.64. The highest BCUT2D eigenvalue weighted by molar-refractivity contribution is 5.48. The minimum absolute atomic E-state index is 0.847. The largest absolute Gasteiger partial charge is 0.497 e. The second-order valence-electron chi connectivity index (χ2n) is 2.03. The zero-order valence-electron chi connectivity index (χ0n) is 6.66. The summed E-state index contributed by atoms with van der Waals surface area (Å²) < 4.78 is 4.99. The van der Waals surface area contributed by atoms with Crippen LogP contribution in [0, 0.1) is 6.07 Å². The van der Waals surface area contributed by atoms with Crippen molar-refractivity contribution in [2.75, 3.05) is 7.11 Å². The molecule has 1 rings (SSSR count). The van der Waals surface area contributed by atoms with Crippen molar-refractivity contribution in [2.24, 2.45) is 0 Å². The third-order valence-electron chi connectivity index (χ3n) is 1.31. The Hall–Kier alpha value is -1.49. The van der Waals surface area contributed by atoms with Crippen molar-refractivity contribution in [1.82, 2.24) is 0 Å². The van der Waals surface area contributed by atoms with Gasteiger partial charge in [-0.1, -0.05) is 0 Å². The summed E-state index contributed by atoms with van der Waals surface area (Å²) in [5.74, 6) is 0.847. The van der Waals surface area contributed by atoms with Crippen LogP contribution in [0.2, 0.25) is 0 Å². The van der Waals surface area contributed by atoms with Gasteiger partial charge in [0, 0.05) is 12.1 Å². The number of methoxy groups -OCH3 is 1. The molecule has 0 fully saturated rings. The molecule has 0 amide bonds. The molecule has 0 aromatic heterocycles. The predicted octanol–water partition coefficient (Wildman–Crippen LogP) is 2.68. The van der Waals surface area contributed by atoms with E-state index >= 15 is 0 Å². The highest BCUT2D eigenvalue weighted by Crippen LogP contribution is 2.17. The molecule has 56 valence electrons. The van der Waals surface area contributed by atoms with Crippen LogP contribution in [-0.2, 0) is 0 Å². The fourth-order valence-corrected chi connectivity index (χ4v) is 0.786. The van der Waals surface area contributed by atoms with E-state index < -0.39 is 0 Å². The van der Waals surface area contributed by atoms with E-state index in [0.29, 0.717) is 0 Å². The Labute approximate surface area is 66.2 Å². The van der Waals surface area contributed by atoms with Crippen LogP contribution in [0.25, 0.3) is 4.85 Å². The van der Waals surface area contributed by atoms with Crippen molar-refractivity contribution < 1.29 is 4.74 Å². The van der Waals surface area contributed by atoms with Gasteiger partial charge in [0.05, 0.1) is 14.0 Å². The van der Waals surface area contributed by atoms with Crippen LogP contribution in [0.1, 0.15) is 6.92 Å². The number of benzene rings is 1. The fourth-order valence-electron chi connectivity index (χ4n) is 0.786. The maximum atomic E-state index is 4.99. The molecule has 0 heterocycles. The van der Waals surface area contributed by atoms with Crippen LogP contribution >= 0.6 is 0 Å². The Kier molecular flexibility index (Phi) is 2.51. The molecule has 0 aliphatic carbocycles. The van der Waals surface area contributed by atoms with Crippen molar-refractivity contribution in [3.63, 3.8) is 0 Å². The maximum absolute atomic E-state index is 4.99. The van der Waals surface area contributed by atoms with E-state index in [9.17, 15) is 0 Å². The SMILES string of the molecule is CC#[N+]c1ccc(OC)cc1. The Balaban J connectivity index is 2.88. The molecule has 2 heteroatoms. The first-order valence-electron chi connectivity index (χ1n) is 3.38. The Morgan fingerprint density at radius 1 is 1.27 bits per heavy atom. The van der Waals surface area contributed by atoms with E-state index in [0.717, 1.165) is 11.4 Å². The third kappa shape index (κ3) is 1.98. The Morgan fingerprint density at radius 2 is 1.91 bits per heavy atom. The van der Waals surface area contributed by atoms with E-state index in [2.05, 4.69) is 10.9 Å². The van der Waals surface area contributed by atoms with E-state index in [-0.39, 0.29) is 0 Å². The third-order valence-corrected chi connectivity index (χ3v) is 1.31. The molecular formula is C9H10NO+. The predicted molar refractivity (Wildman–Crippen MR) is 45.6 cm³/mol. The van der Waals surface area contributed by atoms with Gasteiger partial charge < -0.3 is 4.74 Å². The van der Waals surface area contributed by atoms with Crippen molar-refractivity contribution in [1.29, 1.82) is 0 Å². The summed E-state index contributed by atoms with van der Waals surface area (Å²) in [6.45, 7) is 1.77. The van der Waals surface area contributed by atoms with Gasteiger partial charge in [-0.15, -0.1) is 0 Å². The topological polar surface area (TPSA) is 13.6 Å². The van der Waals surface area contributed by atoms with Crippen molar-refractivity contribution in [3.05, 3.63) is 29.1 Å². The first kappa shape index (κ1) is 7.62. The number of hydrogen-bond donors (Lipinski definition) is 0. The smallest absolute Gasteiger partial charge is 0.340 e. The zero-order chi connectivity index (χ0) is 8.10. The quantitative estimate of drug-likeness (QED) is 0.597. The molecule has 0 bridgehead atoms. The summed E-state index contributed by atoms with van der Waals surface area (Å²) in [6, 6.07) is 10.2. The lowest BCUT2D eigenvalue weighted by Crippen LogP contribution is -1.79. The number of nitrogens with zero attached hydrogens (tertiary/aromatic N) is 1. The number of hydrogen-bond acceptors (Lipinski definition) is 1. The summed E-state index contributed by atoms with van der Waals surface area (Å²) in [5.41, 5.74) is 0.897. The fraction of sp³-hybridized carbons (Fsp3) is 0.222. The molecule has 0 spiro atoms. The maximum Gasteiger partial charge on any atom is 0.340 e. The molecule has 11 heavy (non-hydrogen) atoms. The van der Waals surface area contributed by atoms with Crippen LogP contribution in [0.3, 0.4) is 0 Å². The van der Waals surface area contributed by atoms with Gasteiger partial charge in [-0.2, -0.15) is 0 Å². The summed E-state index contributed by atoms with van der Waals surface area (Å²) in [6.07, 6.45) is 0. The molecule has 1 aromatic carbocycles. The minimum Gasteiger partial charge on any atom is -0.497 e. The molecule has 0 N–H and O–H groups in total. The second kappa shape index (κ2) is 3.62. The van der Waals surface area contributed by atoms with Gasteiger partial charge in [-0.3, -0.25) is 0 Å². The minimum atomic E-state index is 0.847. The molecule has 0 saturated carbocycles. The van der Waals surface area contributed by atoms with Gasteiger partial charge in [0.2, 0.25) is 0 Å². The first-order chi connectivity index (χ1) is 5.36. The summed E-state index contributed by atoms with van der Waals surface area (Å²) in [5, 5.41) is 0. The van der Waals surface area contributed by atoms with Crippen molar-refractivity contribution >= 4 is 5.69 Å². The highest BCUT2D eigenvalue weighted by atomic mass is 16.5. The van der Waals surface area contributed by atoms with Gasteiger partial charge in [-0.25, -0.2) is 0 Å². The summed E-state index contributed by atoms with van der Waals surface area (Å²) in [4.78, 5) is 3.98. The molecule has 1 aromatic rings. The Morgan fingerprint density at radius 3 is 2.36 bits per heavy atom. The molecule has 0 radical (unpaired) electrons. The standard InChI is InChI=1S/C9H10NO/c1-3-10-8-4-6-9(11-2)7-5-8/h4-7H,1-2H3/q+1. The molecule has 0 aliphatic heterocycles. The van der Waals surface area contributed by atoms with E-state index in [1.54, 1.807) is 14.0 Å². The number of rotatable bonds is 1. The summed E-state index contributed by atoms with van der Waals surface area (Å²) >= 11 is 0. The number of ether oxygens (including phenoxy) is 1. The monoisotopic (exact) mass is 148 g/mol. The average molecular weight is 148 g/mol. The lowest BCUT2D eigenvalue weighted by molar-refractivity contribution is 0.415. The van der Waals surface area contributed by atoms with Crippen LogP contribution in [0.5, 0.6) is 5.75 Å². The average Bonchev–Trinajstić information content (AvgIpc) is 2.07. The molecule has 0 unspecified atom stereocenters. The van der Waals surface area contributed by atoms with Crippen LogP contribution in [0.15, 0.2) is 24.3 Å². The van der Waals surface area contributed by atoms with E-state index in [1.807, 2.05) is 24.3 Å². The molecule has 0 atom stereocenters. The van der Waals surface area contributed by atoms with Gasteiger partial charge in [0.15, 0.2) is 0 Å². The zero-order valence-corrected chi connectivity index (χ0v) is 6.66.